The third-order valence-corrected chi connectivity index (χ3v) is 4.38. The molecule has 0 fully saturated rings. The fourth-order valence-corrected chi connectivity index (χ4v) is 2.86. The van der Waals surface area contributed by atoms with Gasteiger partial charge < -0.3 is 20.9 Å². The van der Waals surface area contributed by atoms with Gasteiger partial charge in [0.1, 0.15) is 0 Å². The van der Waals surface area contributed by atoms with Gasteiger partial charge in [-0.3, -0.25) is 0 Å². The van der Waals surface area contributed by atoms with Crippen LogP contribution in [0.15, 0.2) is 54.9 Å². The van der Waals surface area contributed by atoms with Crippen molar-refractivity contribution >= 4 is 45.9 Å². The Labute approximate surface area is 161 Å². The molecule has 0 radical (unpaired) electrons. The van der Waals surface area contributed by atoms with Crippen LogP contribution < -0.4 is 16.4 Å². The summed E-state index contributed by atoms with van der Waals surface area (Å²) in [6.45, 7) is 0.657. The number of nitrogens with zero attached hydrogens (tertiary/aromatic N) is 4. The molecule has 7 nitrogen and oxygen atoms in total. The first-order valence-electron chi connectivity index (χ1n) is 8.38. The fraction of sp³-hybridized carbons (Fsp3) is 0.105. The number of aromatic nitrogens is 4. The number of nitrogen functional groups attached to an aromatic ring is 1. The molecule has 0 saturated heterocycles. The van der Waals surface area contributed by atoms with Gasteiger partial charge in [0.2, 0.25) is 11.9 Å². The number of benzene rings is 2. The van der Waals surface area contributed by atoms with E-state index in [-0.39, 0.29) is 0 Å². The topological polar surface area (TPSA) is 93.7 Å². The normalized spacial score (nSPS) is 10.9. The minimum atomic E-state index is 0.504. The Balaban J connectivity index is 1.43. The quantitative estimate of drug-likeness (QED) is 0.454. The van der Waals surface area contributed by atoms with Crippen LogP contribution >= 0.6 is 11.6 Å². The number of anilines is 4. The van der Waals surface area contributed by atoms with Gasteiger partial charge in [-0.2, -0.15) is 0 Å². The summed E-state index contributed by atoms with van der Waals surface area (Å²) >= 11 is 5.79. The molecule has 0 amide bonds. The van der Waals surface area contributed by atoms with Gasteiger partial charge in [0.05, 0.1) is 28.4 Å². The lowest BCUT2D eigenvalue weighted by atomic mass is 10.2. The van der Waals surface area contributed by atoms with Crippen molar-refractivity contribution in [3.63, 3.8) is 0 Å². The van der Waals surface area contributed by atoms with Crippen molar-refractivity contribution < 1.29 is 0 Å². The molecule has 8 heteroatoms. The summed E-state index contributed by atoms with van der Waals surface area (Å²) < 4.78 is 2.00. The van der Waals surface area contributed by atoms with Crippen LogP contribution in [0.1, 0.15) is 5.56 Å². The van der Waals surface area contributed by atoms with Gasteiger partial charge in [-0.25, -0.2) is 15.0 Å². The zero-order chi connectivity index (χ0) is 18.8. The number of rotatable bonds is 5. The Morgan fingerprint density at radius 1 is 1.07 bits per heavy atom. The summed E-state index contributed by atoms with van der Waals surface area (Å²) in [7, 11) is 1.97. The second kappa shape index (κ2) is 7.13. The van der Waals surface area contributed by atoms with Crippen LogP contribution in [0.5, 0.6) is 0 Å². The molecule has 0 aliphatic rings. The highest BCUT2D eigenvalue weighted by Crippen LogP contribution is 2.21. The van der Waals surface area contributed by atoms with Gasteiger partial charge >= 0.3 is 0 Å². The highest BCUT2D eigenvalue weighted by molar-refractivity contribution is 6.30. The van der Waals surface area contributed by atoms with Crippen LogP contribution in [0.3, 0.4) is 0 Å². The molecule has 2 heterocycles. The molecule has 4 rings (SSSR count). The van der Waals surface area contributed by atoms with E-state index in [1.54, 1.807) is 12.4 Å². The lowest BCUT2D eigenvalue weighted by Crippen LogP contribution is -2.05. The van der Waals surface area contributed by atoms with E-state index in [2.05, 4.69) is 25.6 Å². The molecular formula is C19H18ClN7. The molecule has 4 N–H and O–H groups in total. The number of aryl methyl sites for hydroxylation is 1. The van der Waals surface area contributed by atoms with Gasteiger partial charge in [0.25, 0.3) is 0 Å². The first-order valence-corrected chi connectivity index (χ1v) is 8.75. The van der Waals surface area contributed by atoms with E-state index in [0.717, 1.165) is 33.9 Å². The molecule has 0 unspecified atom stereocenters. The van der Waals surface area contributed by atoms with E-state index in [1.807, 2.05) is 54.1 Å². The van der Waals surface area contributed by atoms with E-state index in [0.29, 0.717) is 17.5 Å². The standard InChI is InChI=1S/C19H18ClN7/c1-27-17-8-14(21)4-7-16(17)26-19(27)24-9-12-2-5-15(6-3-12)25-18-22-10-13(20)11-23-18/h2-8,10-11H,9,21H2,1H3,(H,24,26)(H,22,23,25). The number of nitrogens with two attached hydrogens (primary N) is 1. The third-order valence-electron chi connectivity index (χ3n) is 4.19. The Hall–Kier alpha value is -3.32. The zero-order valence-corrected chi connectivity index (χ0v) is 15.4. The molecule has 136 valence electrons. The Morgan fingerprint density at radius 3 is 2.56 bits per heavy atom. The van der Waals surface area contributed by atoms with E-state index < -0.39 is 0 Å². The van der Waals surface area contributed by atoms with E-state index in [4.69, 9.17) is 17.3 Å². The van der Waals surface area contributed by atoms with Gasteiger partial charge in [-0.1, -0.05) is 23.7 Å². The summed E-state index contributed by atoms with van der Waals surface area (Å²) in [6.07, 6.45) is 3.11. The van der Waals surface area contributed by atoms with Crippen LogP contribution in [-0.2, 0) is 13.6 Å². The number of nitrogens with one attached hydrogen (secondary N) is 2. The van der Waals surface area contributed by atoms with Crippen molar-refractivity contribution in [1.82, 2.24) is 19.5 Å². The lowest BCUT2D eigenvalue weighted by Gasteiger charge is -2.08. The molecule has 27 heavy (non-hydrogen) atoms. The van der Waals surface area contributed by atoms with Crippen molar-refractivity contribution in [1.29, 1.82) is 0 Å². The molecule has 0 aliphatic carbocycles. The minimum absolute atomic E-state index is 0.504. The van der Waals surface area contributed by atoms with Gasteiger partial charge in [0.15, 0.2) is 0 Å². The van der Waals surface area contributed by atoms with E-state index in [9.17, 15) is 0 Å². The molecular weight excluding hydrogens is 362 g/mol. The SMILES string of the molecule is Cn1c(NCc2ccc(Nc3ncc(Cl)cn3)cc2)nc2ccc(N)cc21. The second-order valence-electron chi connectivity index (χ2n) is 6.14. The van der Waals surface area contributed by atoms with Crippen molar-refractivity contribution in [2.24, 2.45) is 7.05 Å². The number of fused-ring (bicyclic) bond motifs is 1. The molecule has 0 atom stereocenters. The molecule has 2 aromatic heterocycles. The van der Waals surface area contributed by atoms with E-state index in [1.165, 1.54) is 0 Å². The van der Waals surface area contributed by atoms with Crippen LogP contribution in [0.25, 0.3) is 11.0 Å². The Morgan fingerprint density at radius 2 is 1.81 bits per heavy atom. The predicted molar refractivity (Wildman–Crippen MR) is 109 cm³/mol. The molecule has 0 saturated carbocycles. The average Bonchev–Trinajstić information content (AvgIpc) is 2.98. The molecule has 0 bridgehead atoms. The molecule has 4 aromatic rings. The number of halogens is 1. The number of imidazole rings is 1. The summed E-state index contributed by atoms with van der Waals surface area (Å²) in [6, 6.07) is 13.7. The second-order valence-corrected chi connectivity index (χ2v) is 6.58. The number of hydrogen-bond donors (Lipinski definition) is 3. The Kier molecular flexibility index (Phi) is 4.52. The largest absolute Gasteiger partial charge is 0.399 e. The van der Waals surface area contributed by atoms with Crippen molar-refractivity contribution in [3.8, 4) is 0 Å². The maximum Gasteiger partial charge on any atom is 0.227 e. The first-order chi connectivity index (χ1) is 13.1. The maximum absolute atomic E-state index is 5.86. The van der Waals surface area contributed by atoms with Gasteiger partial charge in [0, 0.05) is 25.0 Å². The summed E-state index contributed by atoms with van der Waals surface area (Å²) in [5.74, 6) is 1.30. The van der Waals surface area contributed by atoms with Crippen LogP contribution in [-0.4, -0.2) is 19.5 Å². The van der Waals surface area contributed by atoms with Gasteiger partial charge in [-0.15, -0.1) is 0 Å². The summed E-state index contributed by atoms with van der Waals surface area (Å²) in [5, 5.41) is 7.01. The summed E-state index contributed by atoms with van der Waals surface area (Å²) in [5.41, 5.74) is 10.5. The average molecular weight is 380 g/mol. The van der Waals surface area contributed by atoms with Crippen LogP contribution in [0, 0.1) is 0 Å². The molecule has 0 spiro atoms. The maximum atomic E-state index is 5.86. The van der Waals surface area contributed by atoms with Gasteiger partial charge in [-0.05, 0) is 35.9 Å². The number of hydrogen-bond acceptors (Lipinski definition) is 6. The smallest absolute Gasteiger partial charge is 0.227 e. The highest BCUT2D eigenvalue weighted by Gasteiger charge is 2.07. The minimum Gasteiger partial charge on any atom is -0.399 e. The monoisotopic (exact) mass is 379 g/mol. The summed E-state index contributed by atoms with van der Waals surface area (Å²) in [4.78, 5) is 12.8. The van der Waals surface area contributed by atoms with Crippen LogP contribution in [0.2, 0.25) is 5.02 Å². The fourth-order valence-electron chi connectivity index (χ4n) is 2.76. The van der Waals surface area contributed by atoms with Crippen molar-refractivity contribution in [3.05, 3.63) is 65.4 Å². The molecule has 0 aliphatic heterocycles. The predicted octanol–water partition coefficient (Wildman–Crippen LogP) is 3.95. The van der Waals surface area contributed by atoms with E-state index >= 15 is 0 Å². The highest BCUT2D eigenvalue weighted by atomic mass is 35.5. The lowest BCUT2D eigenvalue weighted by molar-refractivity contribution is 0.928. The Bertz CT molecular complexity index is 1070. The van der Waals surface area contributed by atoms with Crippen molar-refractivity contribution in [2.45, 2.75) is 6.54 Å². The molecule has 2 aromatic carbocycles. The third kappa shape index (κ3) is 3.78. The first kappa shape index (κ1) is 17.1. The van der Waals surface area contributed by atoms with Crippen molar-refractivity contribution in [2.75, 3.05) is 16.4 Å². The zero-order valence-electron chi connectivity index (χ0n) is 14.6. The van der Waals surface area contributed by atoms with Crippen LogP contribution in [0.4, 0.5) is 23.3 Å².